The number of benzene rings is 1. The average molecular weight is 440 g/mol. The summed E-state index contributed by atoms with van der Waals surface area (Å²) in [5, 5.41) is 3.07. The zero-order valence-corrected chi connectivity index (χ0v) is 14.7. The van der Waals surface area contributed by atoms with Crippen LogP contribution in [0.1, 0.15) is 29.6 Å². The van der Waals surface area contributed by atoms with Crippen molar-refractivity contribution >= 4 is 56.2 Å². The molecule has 0 atom stereocenters. The van der Waals surface area contributed by atoms with Crippen molar-refractivity contribution in [1.82, 2.24) is 5.32 Å². The van der Waals surface area contributed by atoms with Gasteiger partial charge in [-0.25, -0.2) is 0 Å². The molecule has 1 fully saturated rings. The van der Waals surface area contributed by atoms with Gasteiger partial charge in [0.15, 0.2) is 0 Å². The Labute approximate surface area is 134 Å². The summed E-state index contributed by atoms with van der Waals surface area (Å²) in [7, 11) is 0. The van der Waals surface area contributed by atoms with Crippen LogP contribution in [0.15, 0.2) is 22.7 Å². The number of hydrogen-bond acceptors (Lipinski definition) is 2. The van der Waals surface area contributed by atoms with E-state index in [1.165, 1.54) is 19.3 Å². The third-order valence-electron chi connectivity index (χ3n) is 3.44. The number of thioether (sulfide) groups is 1. The Hall–Kier alpha value is 0.250. The Morgan fingerprint density at radius 3 is 2.83 bits per heavy atom. The molecule has 0 spiro atoms. The number of hydrogen-bond donors (Lipinski definition) is 1. The number of amides is 1. The van der Waals surface area contributed by atoms with Gasteiger partial charge in [0.25, 0.3) is 5.91 Å². The van der Waals surface area contributed by atoms with E-state index in [1.807, 2.05) is 30.0 Å². The molecule has 18 heavy (non-hydrogen) atoms. The molecule has 1 aromatic carbocycles. The third kappa shape index (κ3) is 3.22. The van der Waals surface area contributed by atoms with Gasteiger partial charge in [-0.2, -0.15) is 11.8 Å². The molecule has 1 aromatic rings. The van der Waals surface area contributed by atoms with Gasteiger partial charge in [0.2, 0.25) is 0 Å². The molecule has 2 rings (SSSR count). The van der Waals surface area contributed by atoms with Crippen molar-refractivity contribution in [3.63, 3.8) is 0 Å². The van der Waals surface area contributed by atoms with Gasteiger partial charge in [0.1, 0.15) is 0 Å². The molecule has 0 unspecified atom stereocenters. The van der Waals surface area contributed by atoms with Crippen molar-refractivity contribution in [1.29, 1.82) is 0 Å². The first kappa shape index (κ1) is 14.7. The number of carbonyl (C=O) groups is 1. The minimum Gasteiger partial charge on any atom is -0.351 e. The van der Waals surface area contributed by atoms with Gasteiger partial charge in [-0.15, -0.1) is 0 Å². The van der Waals surface area contributed by atoms with Crippen LogP contribution in [0.4, 0.5) is 0 Å². The van der Waals surface area contributed by atoms with Crippen LogP contribution >= 0.6 is 50.3 Å². The van der Waals surface area contributed by atoms with E-state index in [0.717, 1.165) is 20.2 Å². The summed E-state index contributed by atoms with van der Waals surface area (Å²) in [6.45, 7) is 0.769. The SMILES string of the molecule is CSC1(CNC(=O)c2cc(I)ccc2Br)CCC1. The van der Waals surface area contributed by atoms with Gasteiger partial charge in [-0.05, 0) is 75.8 Å². The Balaban J connectivity index is 2.01. The topological polar surface area (TPSA) is 29.1 Å². The Morgan fingerprint density at radius 2 is 2.28 bits per heavy atom. The number of rotatable bonds is 4. The summed E-state index contributed by atoms with van der Waals surface area (Å²) in [6.07, 6.45) is 5.83. The largest absolute Gasteiger partial charge is 0.351 e. The van der Waals surface area contributed by atoms with E-state index < -0.39 is 0 Å². The highest BCUT2D eigenvalue weighted by Crippen LogP contribution is 2.42. The quantitative estimate of drug-likeness (QED) is 0.716. The summed E-state index contributed by atoms with van der Waals surface area (Å²) in [6, 6.07) is 5.81. The average Bonchev–Trinajstić information content (AvgIpc) is 2.31. The first-order chi connectivity index (χ1) is 8.56. The van der Waals surface area contributed by atoms with Gasteiger partial charge < -0.3 is 5.32 Å². The van der Waals surface area contributed by atoms with Crippen molar-refractivity contribution in [2.24, 2.45) is 0 Å². The fraction of sp³-hybridized carbons (Fsp3) is 0.462. The second-order valence-corrected chi connectivity index (χ2v) is 7.92. The fourth-order valence-corrected chi connectivity index (χ4v) is 3.86. The van der Waals surface area contributed by atoms with E-state index in [0.29, 0.717) is 0 Å². The summed E-state index contributed by atoms with van der Waals surface area (Å²) < 4.78 is 2.21. The van der Waals surface area contributed by atoms with Crippen LogP contribution in [0.2, 0.25) is 0 Å². The predicted octanol–water partition coefficient (Wildman–Crippen LogP) is 4.07. The maximum absolute atomic E-state index is 12.2. The van der Waals surface area contributed by atoms with Crippen LogP contribution in [-0.4, -0.2) is 23.5 Å². The van der Waals surface area contributed by atoms with Crippen LogP contribution in [-0.2, 0) is 0 Å². The highest BCUT2D eigenvalue weighted by Gasteiger charge is 2.36. The first-order valence-corrected chi connectivity index (χ1v) is 8.94. The Morgan fingerprint density at radius 1 is 1.56 bits per heavy atom. The molecule has 1 amide bonds. The molecule has 1 aliphatic rings. The highest BCUT2D eigenvalue weighted by atomic mass is 127. The lowest BCUT2D eigenvalue weighted by Crippen LogP contribution is -2.45. The van der Waals surface area contributed by atoms with Crippen LogP contribution in [0, 0.1) is 3.57 Å². The molecule has 0 aliphatic heterocycles. The lowest BCUT2D eigenvalue weighted by atomic mass is 9.84. The van der Waals surface area contributed by atoms with Gasteiger partial charge in [0.05, 0.1) is 5.56 Å². The number of carbonyl (C=O) groups excluding carboxylic acids is 1. The second kappa shape index (κ2) is 6.13. The molecular formula is C13H15BrINOS. The van der Waals surface area contributed by atoms with E-state index in [4.69, 9.17) is 0 Å². The molecule has 98 valence electrons. The molecule has 1 saturated carbocycles. The van der Waals surface area contributed by atoms with E-state index >= 15 is 0 Å². The standard InChI is InChI=1S/C13H15BrINOS/c1-18-13(5-2-6-13)8-16-12(17)10-7-9(15)3-4-11(10)14/h3-4,7H,2,5-6,8H2,1H3,(H,16,17). The molecule has 0 saturated heterocycles. The number of halogens is 2. The molecular weight excluding hydrogens is 425 g/mol. The molecule has 2 nitrogen and oxygen atoms in total. The van der Waals surface area contributed by atoms with Crippen molar-refractivity contribution in [2.45, 2.75) is 24.0 Å². The summed E-state index contributed by atoms with van der Waals surface area (Å²) in [4.78, 5) is 12.2. The molecule has 0 radical (unpaired) electrons. The van der Waals surface area contributed by atoms with Crippen LogP contribution in [0.3, 0.4) is 0 Å². The normalized spacial score (nSPS) is 17.1. The lowest BCUT2D eigenvalue weighted by molar-refractivity contribution is 0.0943. The minimum absolute atomic E-state index is 0.0146. The molecule has 1 aliphatic carbocycles. The minimum atomic E-state index is 0.0146. The van der Waals surface area contributed by atoms with Gasteiger partial charge in [-0.3, -0.25) is 4.79 Å². The molecule has 0 aromatic heterocycles. The summed E-state index contributed by atoms with van der Waals surface area (Å²) in [5.74, 6) is 0.0146. The van der Waals surface area contributed by atoms with E-state index in [-0.39, 0.29) is 10.7 Å². The first-order valence-electron chi connectivity index (χ1n) is 5.85. The van der Waals surface area contributed by atoms with Gasteiger partial charge >= 0.3 is 0 Å². The van der Waals surface area contributed by atoms with Crippen molar-refractivity contribution in [3.8, 4) is 0 Å². The van der Waals surface area contributed by atoms with Crippen LogP contribution < -0.4 is 5.32 Å². The number of nitrogens with one attached hydrogen (secondary N) is 1. The molecule has 1 N–H and O–H groups in total. The maximum Gasteiger partial charge on any atom is 0.252 e. The smallest absolute Gasteiger partial charge is 0.252 e. The summed E-state index contributed by atoms with van der Waals surface area (Å²) >= 11 is 7.53. The second-order valence-electron chi connectivity index (χ2n) is 4.55. The zero-order chi connectivity index (χ0) is 13.2. The Kier molecular flexibility index (Phi) is 4.99. The molecule has 0 heterocycles. The third-order valence-corrected chi connectivity index (χ3v) is 6.22. The van der Waals surface area contributed by atoms with Crippen molar-refractivity contribution in [2.75, 3.05) is 12.8 Å². The van der Waals surface area contributed by atoms with Crippen molar-refractivity contribution < 1.29 is 4.79 Å². The predicted molar refractivity (Wildman–Crippen MR) is 89.3 cm³/mol. The van der Waals surface area contributed by atoms with E-state index in [1.54, 1.807) is 0 Å². The van der Waals surface area contributed by atoms with Gasteiger partial charge in [0, 0.05) is 19.3 Å². The Bertz CT molecular complexity index is 457. The fourth-order valence-electron chi connectivity index (χ4n) is 2.03. The molecule has 0 bridgehead atoms. The van der Waals surface area contributed by atoms with Crippen LogP contribution in [0.25, 0.3) is 0 Å². The van der Waals surface area contributed by atoms with E-state index in [2.05, 4.69) is 50.1 Å². The lowest BCUT2D eigenvalue weighted by Gasteiger charge is -2.40. The van der Waals surface area contributed by atoms with E-state index in [9.17, 15) is 4.79 Å². The summed E-state index contributed by atoms with van der Waals surface area (Å²) in [5.41, 5.74) is 0.720. The monoisotopic (exact) mass is 439 g/mol. The van der Waals surface area contributed by atoms with Gasteiger partial charge in [-0.1, -0.05) is 6.42 Å². The maximum atomic E-state index is 12.2. The van der Waals surface area contributed by atoms with Crippen molar-refractivity contribution in [3.05, 3.63) is 31.8 Å². The molecule has 5 heteroatoms. The van der Waals surface area contributed by atoms with Crippen LogP contribution in [0.5, 0.6) is 0 Å². The highest BCUT2D eigenvalue weighted by molar-refractivity contribution is 14.1. The zero-order valence-electron chi connectivity index (χ0n) is 10.1.